The van der Waals surface area contributed by atoms with E-state index < -0.39 is 29.3 Å². The van der Waals surface area contributed by atoms with Gasteiger partial charge in [0.25, 0.3) is 5.91 Å². The van der Waals surface area contributed by atoms with E-state index in [-0.39, 0.29) is 48.5 Å². The molecule has 4 rings (SSSR count). The molecular weight excluding hydrogens is 511 g/mol. The minimum absolute atomic E-state index is 0.00442. The second kappa shape index (κ2) is 10.0. The number of nitrogens with zero attached hydrogens (tertiary/aromatic N) is 3. The minimum atomic E-state index is -4.21. The van der Waals surface area contributed by atoms with Crippen molar-refractivity contribution in [1.82, 2.24) is 15.3 Å². The molecule has 0 aliphatic carbocycles. The van der Waals surface area contributed by atoms with Gasteiger partial charge in [0.05, 0.1) is 19.0 Å². The molecule has 0 radical (unpaired) electrons. The Kier molecular flexibility index (Phi) is 7.19. The molecule has 1 aromatic carbocycles. The Balaban J connectivity index is 1.62. The number of fused-ring (bicyclic) bond motifs is 1. The number of hydrogen-bond donors (Lipinski definition) is 4. The van der Waals surface area contributed by atoms with Crippen molar-refractivity contribution in [2.45, 2.75) is 19.4 Å². The van der Waals surface area contributed by atoms with Crippen molar-refractivity contribution in [1.29, 1.82) is 0 Å². The number of rotatable bonds is 8. The Hall–Kier alpha value is -3.25. The fourth-order valence-electron chi connectivity index (χ4n) is 4.00. The number of hydrogen-bond acceptors (Lipinski definition) is 8. The number of sulfonamides is 1. The summed E-state index contributed by atoms with van der Waals surface area (Å²) in [6.07, 6.45) is 1.54. The standard InChI is InChI=1S/C22H25N4O8PS/c1-34-17-6-5-14(12-15(17)7-10-35(29,30)31)13-24-22(28)19-20(27)18-16(4-2-8-23-18)21(25-19)26-9-3-11-36(26,32)33/h2,4-6,8,12,27H,3,7,9-11,13H2,1H3,(H,24,28)(H2,29,30,31). The number of anilines is 1. The number of carbonyl (C=O) groups is 1. The summed E-state index contributed by atoms with van der Waals surface area (Å²) in [6.45, 7) is 0.207. The van der Waals surface area contributed by atoms with E-state index >= 15 is 0 Å². The van der Waals surface area contributed by atoms with Gasteiger partial charge in [-0.15, -0.1) is 0 Å². The van der Waals surface area contributed by atoms with Gasteiger partial charge in [-0.1, -0.05) is 12.1 Å². The van der Waals surface area contributed by atoms with Gasteiger partial charge < -0.3 is 24.9 Å². The summed E-state index contributed by atoms with van der Waals surface area (Å²) in [4.78, 5) is 39.7. The molecule has 0 unspecified atom stereocenters. The lowest BCUT2D eigenvalue weighted by Gasteiger charge is -2.19. The summed E-state index contributed by atoms with van der Waals surface area (Å²) < 4.78 is 42.7. The zero-order valence-corrected chi connectivity index (χ0v) is 21.0. The smallest absolute Gasteiger partial charge is 0.325 e. The predicted molar refractivity (Wildman–Crippen MR) is 132 cm³/mol. The van der Waals surface area contributed by atoms with E-state index in [1.54, 1.807) is 30.3 Å². The lowest BCUT2D eigenvalue weighted by Crippen LogP contribution is -2.29. The number of ether oxygens (including phenoxy) is 1. The van der Waals surface area contributed by atoms with Crippen molar-refractivity contribution in [3.05, 3.63) is 53.3 Å². The highest BCUT2D eigenvalue weighted by Crippen LogP contribution is 2.37. The molecule has 1 amide bonds. The molecule has 0 saturated carbocycles. The Morgan fingerprint density at radius 1 is 1.28 bits per heavy atom. The van der Waals surface area contributed by atoms with Crippen molar-refractivity contribution in [2.75, 3.05) is 29.9 Å². The molecule has 36 heavy (non-hydrogen) atoms. The highest BCUT2D eigenvalue weighted by molar-refractivity contribution is 7.93. The van der Waals surface area contributed by atoms with Crippen LogP contribution in [0.1, 0.15) is 28.0 Å². The van der Waals surface area contributed by atoms with Crippen LogP contribution in [-0.2, 0) is 27.6 Å². The van der Waals surface area contributed by atoms with Crippen molar-refractivity contribution in [3.63, 3.8) is 0 Å². The van der Waals surface area contributed by atoms with Crippen LogP contribution in [0.5, 0.6) is 11.5 Å². The number of aryl methyl sites for hydroxylation is 1. The fourth-order valence-corrected chi connectivity index (χ4v) is 6.06. The molecular formula is C22H25N4O8PS. The highest BCUT2D eigenvalue weighted by Gasteiger charge is 2.33. The number of benzene rings is 1. The predicted octanol–water partition coefficient (Wildman–Crippen LogP) is 1.53. The summed E-state index contributed by atoms with van der Waals surface area (Å²) in [5, 5.41) is 13.7. The van der Waals surface area contributed by atoms with Gasteiger partial charge in [0, 0.05) is 24.7 Å². The molecule has 1 aliphatic heterocycles. The molecule has 1 fully saturated rings. The van der Waals surface area contributed by atoms with Gasteiger partial charge in [-0.25, -0.2) is 13.4 Å². The van der Waals surface area contributed by atoms with E-state index in [1.807, 2.05) is 0 Å². The zero-order valence-electron chi connectivity index (χ0n) is 19.3. The SMILES string of the molecule is COc1ccc(CNC(=O)c2nc(N3CCCS3(=O)=O)c3cccnc3c2O)cc1CCP(=O)(O)O. The van der Waals surface area contributed by atoms with Crippen LogP contribution < -0.4 is 14.4 Å². The molecule has 4 N–H and O–H groups in total. The first-order chi connectivity index (χ1) is 17.0. The van der Waals surface area contributed by atoms with Gasteiger partial charge in [-0.3, -0.25) is 18.6 Å². The van der Waals surface area contributed by atoms with Gasteiger partial charge in [0.2, 0.25) is 10.0 Å². The zero-order chi connectivity index (χ0) is 26.1. The highest BCUT2D eigenvalue weighted by atomic mass is 32.2. The van der Waals surface area contributed by atoms with E-state index in [4.69, 9.17) is 4.74 Å². The second-order valence-electron chi connectivity index (χ2n) is 8.24. The molecule has 0 atom stereocenters. The van der Waals surface area contributed by atoms with E-state index in [0.29, 0.717) is 28.7 Å². The number of pyridine rings is 2. The van der Waals surface area contributed by atoms with Gasteiger partial charge >= 0.3 is 7.60 Å². The maximum Gasteiger partial charge on any atom is 0.325 e. The summed E-state index contributed by atoms with van der Waals surface area (Å²) in [6, 6.07) is 8.13. The third-order valence-electron chi connectivity index (χ3n) is 5.74. The summed E-state index contributed by atoms with van der Waals surface area (Å²) >= 11 is 0. The lowest BCUT2D eigenvalue weighted by molar-refractivity contribution is 0.0943. The van der Waals surface area contributed by atoms with Gasteiger partial charge in [0.1, 0.15) is 11.3 Å². The first-order valence-corrected chi connectivity index (χ1v) is 14.4. The quantitative estimate of drug-likeness (QED) is 0.309. The van der Waals surface area contributed by atoms with Crippen molar-refractivity contribution >= 4 is 40.2 Å². The van der Waals surface area contributed by atoms with Crippen LogP contribution in [0.15, 0.2) is 36.5 Å². The largest absolute Gasteiger partial charge is 0.504 e. The van der Waals surface area contributed by atoms with Crippen LogP contribution in [0.25, 0.3) is 10.9 Å². The van der Waals surface area contributed by atoms with E-state index in [0.717, 1.165) is 4.31 Å². The van der Waals surface area contributed by atoms with Crippen LogP contribution in [0, 0.1) is 0 Å². The average molecular weight is 537 g/mol. The molecule has 0 bridgehead atoms. The van der Waals surface area contributed by atoms with E-state index in [2.05, 4.69) is 15.3 Å². The molecule has 192 valence electrons. The molecule has 0 spiro atoms. The molecule has 14 heteroatoms. The third-order valence-corrected chi connectivity index (χ3v) is 8.37. The number of methoxy groups -OCH3 is 1. The average Bonchev–Trinajstić information content (AvgIpc) is 3.19. The normalized spacial score (nSPS) is 15.2. The maximum atomic E-state index is 13.0. The van der Waals surface area contributed by atoms with Crippen LogP contribution in [0.4, 0.5) is 5.82 Å². The van der Waals surface area contributed by atoms with Crippen molar-refractivity contribution in [3.8, 4) is 11.5 Å². The van der Waals surface area contributed by atoms with Gasteiger partial charge in [0.15, 0.2) is 17.3 Å². The first-order valence-electron chi connectivity index (χ1n) is 11.0. The maximum absolute atomic E-state index is 13.0. The number of carbonyl (C=O) groups excluding carboxylic acids is 1. The molecule has 1 aliphatic rings. The molecule has 3 heterocycles. The number of nitrogens with one attached hydrogen (secondary N) is 1. The van der Waals surface area contributed by atoms with Crippen LogP contribution >= 0.6 is 7.60 Å². The van der Waals surface area contributed by atoms with Crippen molar-refractivity contribution in [2.24, 2.45) is 0 Å². The van der Waals surface area contributed by atoms with Gasteiger partial charge in [-0.2, -0.15) is 0 Å². The van der Waals surface area contributed by atoms with Crippen LogP contribution in [0.3, 0.4) is 0 Å². The van der Waals surface area contributed by atoms with Crippen LogP contribution in [0.2, 0.25) is 0 Å². The Morgan fingerprint density at radius 3 is 2.72 bits per heavy atom. The van der Waals surface area contributed by atoms with Gasteiger partial charge in [-0.05, 0) is 42.2 Å². The Morgan fingerprint density at radius 2 is 2.06 bits per heavy atom. The van der Waals surface area contributed by atoms with E-state index in [9.17, 15) is 32.7 Å². The Labute approximate surface area is 207 Å². The summed E-state index contributed by atoms with van der Waals surface area (Å²) in [5.74, 6) is -0.774. The number of aromatic hydroxyl groups is 1. The molecule has 1 saturated heterocycles. The molecule has 2 aromatic heterocycles. The topological polar surface area (TPSA) is 179 Å². The number of amides is 1. The Bertz CT molecular complexity index is 1470. The van der Waals surface area contributed by atoms with E-state index in [1.165, 1.54) is 13.3 Å². The second-order valence-corrected chi connectivity index (χ2v) is 12.0. The van der Waals surface area contributed by atoms with Crippen LogP contribution in [-0.4, -0.2) is 64.8 Å². The first kappa shape index (κ1) is 25.8. The number of aromatic nitrogens is 2. The summed E-state index contributed by atoms with van der Waals surface area (Å²) in [5.41, 5.74) is 0.864. The molecule has 12 nitrogen and oxygen atoms in total. The fraction of sp³-hybridized carbons (Fsp3) is 0.318. The third kappa shape index (κ3) is 5.44. The summed E-state index contributed by atoms with van der Waals surface area (Å²) in [7, 11) is -6.38. The van der Waals surface area contributed by atoms with Crippen molar-refractivity contribution < 1.29 is 37.4 Å². The monoisotopic (exact) mass is 536 g/mol. The molecule has 3 aromatic rings. The lowest BCUT2D eigenvalue weighted by atomic mass is 10.1. The minimum Gasteiger partial charge on any atom is -0.504 e.